The summed E-state index contributed by atoms with van der Waals surface area (Å²) in [5, 5.41) is 8.99. The Morgan fingerprint density at radius 3 is 2.24 bits per heavy atom. The van der Waals surface area contributed by atoms with Crippen molar-refractivity contribution in [1.82, 2.24) is 5.32 Å². The van der Waals surface area contributed by atoms with Crippen molar-refractivity contribution in [2.75, 3.05) is 0 Å². The molecule has 0 fully saturated rings. The van der Waals surface area contributed by atoms with Crippen molar-refractivity contribution in [2.24, 2.45) is 10.9 Å². The third-order valence-electron chi connectivity index (χ3n) is 12.5. The van der Waals surface area contributed by atoms with E-state index in [-0.39, 0.29) is 12.0 Å². The van der Waals surface area contributed by atoms with Crippen molar-refractivity contribution in [1.29, 1.82) is 0 Å². The Kier molecular flexibility index (Phi) is 8.21. The van der Waals surface area contributed by atoms with Crippen LogP contribution in [-0.4, -0.2) is 5.71 Å². The zero-order chi connectivity index (χ0) is 37.0. The number of fused-ring (bicyclic) bond motifs is 8. The van der Waals surface area contributed by atoms with Gasteiger partial charge in [-0.1, -0.05) is 165 Å². The number of allylic oxidation sites excluding steroid dienone is 3. The lowest BCUT2D eigenvalue weighted by molar-refractivity contribution is 0.725. The van der Waals surface area contributed by atoms with Gasteiger partial charge in [0.1, 0.15) is 0 Å². The van der Waals surface area contributed by atoms with Gasteiger partial charge >= 0.3 is 0 Å². The van der Waals surface area contributed by atoms with E-state index in [4.69, 9.17) is 4.99 Å². The van der Waals surface area contributed by atoms with Crippen LogP contribution in [0.1, 0.15) is 84.2 Å². The molecule has 0 bridgehead atoms. The fourth-order valence-electron chi connectivity index (χ4n) is 9.53. The van der Waals surface area contributed by atoms with Gasteiger partial charge in [-0.25, -0.2) is 0 Å². The van der Waals surface area contributed by atoms with Crippen molar-refractivity contribution in [2.45, 2.75) is 46.1 Å². The minimum atomic E-state index is -0.0588. The second kappa shape index (κ2) is 13.6. The summed E-state index contributed by atoms with van der Waals surface area (Å²) >= 11 is 0. The zero-order valence-corrected chi connectivity index (χ0v) is 31.7. The van der Waals surface area contributed by atoms with Crippen LogP contribution in [0, 0.1) is 5.92 Å². The van der Waals surface area contributed by atoms with Crippen LogP contribution >= 0.6 is 0 Å². The Labute approximate surface area is 324 Å². The van der Waals surface area contributed by atoms with Crippen molar-refractivity contribution in [3.8, 4) is 11.1 Å². The van der Waals surface area contributed by atoms with Crippen LogP contribution in [0.25, 0.3) is 50.0 Å². The monoisotopic (exact) mass is 708 g/mol. The SMILES string of the molecule is CC/C1=C(c2ccccc2C2NC=Cc3ccc4ccc5ccccc5c4c32)/N=C(/c2cccc3c2-c2ccccc2C3)C(C)/C(C)=C(/c2ccccc2)C1. The maximum Gasteiger partial charge on any atom is 0.0781 e. The summed E-state index contributed by atoms with van der Waals surface area (Å²) in [6.45, 7) is 7.03. The van der Waals surface area contributed by atoms with E-state index in [0.29, 0.717) is 0 Å². The van der Waals surface area contributed by atoms with E-state index in [1.807, 2.05) is 0 Å². The van der Waals surface area contributed by atoms with E-state index in [2.05, 4.69) is 184 Å². The van der Waals surface area contributed by atoms with E-state index < -0.39 is 0 Å². The molecule has 10 rings (SSSR count). The summed E-state index contributed by atoms with van der Waals surface area (Å²) < 4.78 is 0. The minimum absolute atomic E-state index is 0.0588. The molecule has 0 aromatic heterocycles. The number of rotatable bonds is 5. The molecule has 2 aliphatic heterocycles. The van der Waals surface area contributed by atoms with E-state index in [1.165, 1.54) is 93.9 Å². The summed E-state index contributed by atoms with van der Waals surface area (Å²) in [6, 6.07) is 53.7. The Morgan fingerprint density at radius 2 is 1.36 bits per heavy atom. The summed E-state index contributed by atoms with van der Waals surface area (Å²) in [4.78, 5) is 5.98. The molecule has 3 aliphatic rings. The zero-order valence-electron chi connectivity index (χ0n) is 31.7. The largest absolute Gasteiger partial charge is 0.380 e. The molecule has 0 radical (unpaired) electrons. The third kappa shape index (κ3) is 5.50. The van der Waals surface area contributed by atoms with Gasteiger partial charge in [-0.15, -0.1) is 0 Å². The molecule has 1 aliphatic carbocycles. The Balaban J connectivity index is 1.24. The topological polar surface area (TPSA) is 24.4 Å². The second-order valence-electron chi connectivity index (χ2n) is 15.4. The summed E-state index contributed by atoms with van der Waals surface area (Å²) in [5.41, 5.74) is 19.4. The van der Waals surface area contributed by atoms with Crippen molar-refractivity contribution in [3.63, 3.8) is 0 Å². The molecule has 2 heteroatoms. The predicted molar refractivity (Wildman–Crippen MR) is 233 cm³/mol. The quantitative estimate of drug-likeness (QED) is 0.177. The van der Waals surface area contributed by atoms with Gasteiger partial charge < -0.3 is 5.32 Å². The van der Waals surface area contributed by atoms with Gasteiger partial charge in [0, 0.05) is 17.0 Å². The molecule has 0 spiro atoms. The lowest BCUT2D eigenvalue weighted by atomic mass is 9.79. The van der Waals surface area contributed by atoms with Crippen LogP contribution in [0.15, 0.2) is 168 Å². The number of aliphatic imine (C=N–C) groups is 1. The third-order valence-corrected chi connectivity index (χ3v) is 12.5. The molecular weight excluding hydrogens is 665 g/mol. The van der Waals surface area contributed by atoms with E-state index >= 15 is 0 Å². The van der Waals surface area contributed by atoms with Crippen LogP contribution in [0.3, 0.4) is 0 Å². The highest BCUT2D eigenvalue weighted by Crippen LogP contribution is 2.46. The molecular formula is C53H44N2. The summed E-state index contributed by atoms with van der Waals surface area (Å²) in [6.07, 6.45) is 7.08. The van der Waals surface area contributed by atoms with E-state index in [0.717, 1.165) is 30.7 Å². The van der Waals surface area contributed by atoms with E-state index in [1.54, 1.807) is 0 Å². The van der Waals surface area contributed by atoms with Crippen LogP contribution in [0.2, 0.25) is 0 Å². The lowest BCUT2D eigenvalue weighted by Gasteiger charge is -2.30. The molecule has 7 aromatic carbocycles. The maximum absolute atomic E-state index is 5.98. The van der Waals surface area contributed by atoms with Crippen molar-refractivity contribution in [3.05, 3.63) is 207 Å². The minimum Gasteiger partial charge on any atom is -0.380 e. The Bertz CT molecular complexity index is 2790. The smallest absolute Gasteiger partial charge is 0.0781 e. The van der Waals surface area contributed by atoms with Crippen molar-refractivity contribution >= 4 is 44.6 Å². The molecule has 0 saturated heterocycles. The second-order valence-corrected chi connectivity index (χ2v) is 15.4. The lowest BCUT2D eigenvalue weighted by Crippen LogP contribution is -2.23. The van der Waals surface area contributed by atoms with E-state index in [9.17, 15) is 0 Å². The fourth-order valence-corrected chi connectivity index (χ4v) is 9.53. The predicted octanol–water partition coefficient (Wildman–Crippen LogP) is 13.4. The first-order valence-electron chi connectivity index (χ1n) is 19.8. The number of hydrogen-bond donors (Lipinski definition) is 1. The maximum atomic E-state index is 5.98. The average Bonchev–Trinajstić information content (AvgIpc) is 3.63. The first-order valence-corrected chi connectivity index (χ1v) is 19.8. The summed E-state index contributed by atoms with van der Waals surface area (Å²) in [7, 11) is 0. The first kappa shape index (κ1) is 33.3. The normalized spacial score (nSPS) is 21.3. The number of nitrogens with one attached hydrogen (secondary N) is 1. The fraction of sp³-hybridized carbons (Fsp3) is 0.151. The van der Waals surface area contributed by atoms with Crippen LogP contribution < -0.4 is 5.32 Å². The Morgan fingerprint density at radius 1 is 0.655 bits per heavy atom. The van der Waals surface area contributed by atoms with Gasteiger partial charge in [-0.05, 0) is 116 Å². The highest BCUT2D eigenvalue weighted by Gasteiger charge is 2.31. The molecule has 0 saturated carbocycles. The molecule has 2 heterocycles. The standard InChI is InChI=1S/C53H44N2/c1-4-35-32-47(36-15-6-5-7-16-36)33(2)34(3)51(46-24-14-19-41-31-40-18-9-11-21-43(40)48(41)46)55-52(35)44-22-12-13-23-45(44)53-50-39(29-30-54-53)28-27-38-26-25-37-17-8-10-20-42(37)49(38)50/h5-30,34,53-54H,4,31-32H2,1-3H3/b47-33+,52-35-,55-51+. The van der Waals surface area contributed by atoms with Gasteiger partial charge in [-0.3, -0.25) is 4.99 Å². The molecule has 1 N–H and O–H groups in total. The van der Waals surface area contributed by atoms with Gasteiger partial charge in [0.2, 0.25) is 0 Å². The summed E-state index contributed by atoms with van der Waals surface area (Å²) in [5.74, 6) is 0.0989. The van der Waals surface area contributed by atoms with Gasteiger partial charge in [0.05, 0.1) is 17.5 Å². The van der Waals surface area contributed by atoms with Crippen LogP contribution in [0.4, 0.5) is 0 Å². The number of hydrogen-bond acceptors (Lipinski definition) is 2. The molecule has 7 aromatic rings. The highest BCUT2D eigenvalue weighted by atomic mass is 14.9. The van der Waals surface area contributed by atoms with Crippen LogP contribution in [-0.2, 0) is 6.42 Å². The van der Waals surface area contributed by atoms with Gasteiger partial charge in [-0.2, -0.15) is 0 Å². The van der Waals surface area contributed by atoms with Gasteiger partial charge in [0.15, 0.2) is 0 Å². The molecule has 2 nitrogen and oxygen atoms in total. The molecule has 0 amide bonds. The highest BCUT2D eigenvalue weighted by molar-refractivity contribution is 6.13. The molecule has 266 valence electrons. The van der Waals surface area contributed by atoms with Crippen molar-refractivity contribution < 1.29 is 0 Å². The average molecular weight is 709 g/mol. The Hall–Kier alpha value is -6.25. The number of nitrogens with zero attached hydrogens (tertiary/aromatic N) is 1. The molecule has 2 atom stereocenters. The molecule has 55 heavy (non-hydrogen) atoms. The van der Waals surface area contributed by atoms with Gasteiger partial charge in [0.25, 0.3) is 0 Å². The number of benzene rings is 7. The molecule has 2 unspecified atom stereocenters. The van der Waals surface area contributed by atoms with Crippen LogP contribution in [0.5, 0.6) is 0 Å². The first-order chi connectivity index (χ1) is 27.1.